The van der Waals surface area contributed by atoms with Crippen LogP contribution in [0.4, 0.5) is 0 Å². The van der Waals surface area contributed by atoms with Gasteiger partial charge in [0.1, 0.15) is 0 Å². The van der Waals surface area contributed by atoms with Crippen molar-refractivity contribution < 1.29 is 4.79 Å². The molecule has 1 N–H and O–H groups in total. The van der Waals surface area contributed by atoms with Gasteiger partial charge in [-0.3, -0.25) is 4.79 Å². The van der Waals surface area contributed by atoms with Crippen molar-refractivity contribution in [3.63, 3.8) is 0 Å². The lowest BCUT2D eigenvalue weighted by molar-refractivity contribution is -0.132. The number of benzene rings is 1. The van der Waals surface area contributed by atoms with E-state index in [9.17, 15) is 4.79 Å². The minimum Gasteiger partial charge on any atom is -0.342 e. The maximum atomic E-state index is 12.9. The highest BCUT2D eigenvalue weighted by molar-refractivity contribution is 5.83. The Bertz CT molecular complexity index is 593. The van der Waals surface area contributed by atoms with Crippen LogP contribution in [0, 0.1) is 16.7 Å². The summed E-state index contributed by atoms with van der Waals surface area (Å²) in [5.41, 5.74) is 2.02. The minimum atomic E-state index is 0.290. The molecule has 0 bridgehead atoms. The molecule has 3 heteroatoms. The third-order valence-electron chi connectivity index (χ3n) is 6.72. The highest BCUT2D eigenvalue weighted by Gasteiger charge is 2.59. The van der Waals surface area contributed by atoms with E-state index < -0.39 is 0 Å². The molecule has 1 saturated carbocycles. The molecular weight excluding hydrogens is 296 g/mol. The Hall–Kier alpha value is -1.35. The van der Waals surface area contributed by atoms with Gasteiger partial charge in [-0.1, -0.05) is 37.3 Å². The summed E-state index contributed by atoms with van der Waals surface area (Å²) in [7, 11) is 0. The molecule has 3 unspecified atom stereocenters. The molecule has 4 rings (SSSR count). The Morgan fingerprint density at radius 2 is 2.12 bits per heavy atom. The van der Waals surface area contributed by atoms with Crippen LogP contribution in [0.3, 0.4) is 0 Å². The van der Waals surface area contributed by atoms with Gasteiger partial charge in [-0.2, -0.15) is 0 Å². The Balaban J connectivity index is 1.32. The molecule has 130 valence electrons. The number of hydrogen-bond donors (Lipinski definition) is 1. The van der Waals surface area contributed by atoms with Crippen molar-refractivity contribution >= 4 is 5.91 Å². The van der Waals surface area contributed by atoms with Crippen LogP contribution in [-0.4, -0.2) is 37.0 Å². The van der Waals surface area contributed by atoms with Crippen LogP contribution in [0.15, 0.2) is 30.3 Å². The first-order chi connectivity index (χ1) is 11.6. The van der Waals surface area contributed by atoms with Gasteiger partial charge >= 0.3 is 0 Å². The van der Waals surface area contributed by atoms with Crippen LogP contribution in [0.5, 0.6) is 0 Å². The van der Waals surface area contributed by atoms with Crippen LogP contribution < -0.4 is 5.32 Å². The summed E-state index contributed by atoms with van der Waals surface area (Å²) in [5.74, 6) is 0.754. The second kappa shape index (κ2) is 6.18. The first-order valence-corrected chi connectivity index (χ1v) is 9.64. The van der Waals surface area contributed by atoms with Gasteiger partial charge in [0.2, 0.25) is 5.91 Å². The first kappa shape index (κ1) is 16.1. The predicted molar refractivity (Wildman–Crippen MR) is 96.7 cm³/mol. The summed E-state index contributed by atoms with van der Waals surface area (Å²) in [6, 6.07) is 10.7. The summed E-state index contributed by atoms with van der Waals surface area (Å²) < 4.78 is 0. The van der Waals surface area contributed by atoms with E-state index >= 15 is 0 Å². The molecule has 0 radical (unpaired) electrons. The molecule has 0 aromatic heterocycles. The fourth-order valence-electron chi connectivity index (χ4n) is 4.89. The Labute approximate surface area is 145 Å². The Morgan fingerprint density at radius 3 is 2.88 bits per heavy atom. The summed E-state index contributed by atoms with van der Waals surface area (Å²) in [4.78, 5) is 15.1. The number of piperidine rings is 1. The second-order valence-corrected chi connectivity index (χ2v) is 8.71. The molecule has 24 heavy (non-hydrogen) atoms. The van der Waals surface area contributed by atoms with Crippen LogP contribution in [0.25, 0.3) is 0 Å². The van der Waals surface area contributed by atoms with E-state index in [-0.39, 0.29) is 0 Å². The SMILES string of the molecule is CC1(CCc2ccccc2)CCN(C(=O)C2CC23CCCNC3)C1. The number of carbonyl (C=O) groups is 1. The fourth-order valence-corrected chi connectivity index (χ4v) is 4.89. The number of rotatable bonds is 4. The van der Waals surface area contributed by atoms with E-state index in [4.69, 9.17) is 0 Å². The van der Waals surface area contributed by atoms with Crippen LogP contribution in [-0.2, 0) is 11.2 Å². The second-order valence-electron chi connectivity index (χ2n) is 8.71. The maximum absolute atomic E-state index is 12.9. The Kier molecular flexibility index (Phi) is 4.16. The van der Waals surface area contributed by atoms with Crippen molar-refractivity contribution in [3.8, 4) is 0 Å². The van der Waals surface area contributed by atoms with E-state index in [1.54, 1.807) is 0 Å². The lowest BCUT2D eigenvalue weighted by Gasteiger charge is -2.27. The number of hydrogen-bond acceptors (Lipinski definition) is 2. The molecule has 1 aromatic carbocycles. The lowest BCUT2D eigenvalue weighted by Crippen LogP contribution is -2.38. The summed E-state index contributed by atoms with van der Waals surface area (Å²) in [6.45, 7) is 6.48. The molecule has 3 nitrogen and oxygen atoms in total. The fraction of sp³-hybridized carbons (Fsp3) is 0.667. The molecule has 3 fully saturated rings. The van der Waals surface area contributed by atoms with Gasteiger partial charge < -0.3 is 10.2 Å². The standard InChI is InChI=1S/C21H30N2O/c1-20(10-8-17-6-3-2-4-7-17)11-13-23(16-20)19(24)18-14-21(18)9-5-12-22-15-21/h2-4,6-7,18,22H,5,8-16H2,1H3. The number of carbonyl (C=O) groups excluding carboxylic acids is 1. The largest absolute Gasteiger partial charge is 0.342 e. The lowest BCUT2D eigenvalue weighted by atomic mass is 9.83. The molecule has 3 aliphatic rings. The molecule has 1 spiro atoms. The highest BCUT2D eigenvalue weighted by atomic mass is 16.2. The van der Waals surface area contributed by atoms with Crippen molar-refractivity contribution in [2.75, 3.05) is 26.2 Å². The monoisotopic (exact) mass is 326 g/mol. The zero-order chi connectivity index (χ0) is 16.6. The molecule has 1 aromatic rings. The molecule has 1 aliphatic carbocycles. The number of nitrogens with one attached hydrogen (secondary N) is 1. The number of nitrogens with zero attached hydrogens (tertiary/aromatic N) is 1. The van der Waals surface area contributed by atoms with Crippen molar-refractivity contribution in [1.82, 2.24) is 10.2 Å². The van der Waals surface area contributed by atoms with Gasteiger partial charge in [-0.25, -0.2) is 0 Å². The molecular formula is C21H30N2O. The quantitative estimate of drug-likeness (QED) is 0.921. The predicted octanol–water partition coefficient (Wildman–Crippen LogP) is 3.25. The number of amides is 1. The first-order valence-electron chi connectivity index (χ1n) is 9.64. The Morgan fingerprint density at radius 1 is 1.29 bits per heavy atom. The van der Waals surface area contributed by atoms with E-state index in [1.807, 2.05) is 0 Å². The third-order valence-corrected chi connectivity index (χ3v) is 6.72. The normalized spacial score (nSPS) is 35.4. The van der Waals surface area contributed by atoms with E-state index in [2.05, 4.69) is 47.5 Å². The smallest absolute Gasteiger partial charge is 0.226 e. The maximum Gasteiger partial charge on any atom is 0.226 e. The molecule has 1 amide bonds. The minimum absolute atomic E-state index is 0.290. The zero-order valence-electron chi connectivity index (χ0n) is 14.9. The van der Waals surface area contributed by atoms with Crippen molar-refractivity contribution in [2.45, 2.75) is 45.4 Å². The average molecular weight is 326 g/mol. The van der Waals surface area contributed by atoms with E-state index in [1.165, 1.54) is 24.8 Å². The van der Waals surface area contributed by atoms with Gasteiger partial charge in [0, 0.05) is 25.6 Å². The molecule has 2 saturated heterocycles. The van der Waals surface area contributed by atoms with E-state index in [0.717, 1.165) is 45.4 Å². The highest BCUT2D eigenvalue weighted by Crippen LogP contribution is 2.57. The van der Waals surface area contributed by atoms with Crippen molar-refractivity contribution in [1.29, 1.82) is 0 Å². The average Bonchev–Trinajstić information content (AvgIpc) is 3.15. The number of likely N-dealkylation sites (tertiary alicyclic amines) is 1. The summed E-state index contributed by atoms with van der Waals surface area (Å²) in [5, 5.41) is 3.50. The van der Waals surface area contributed by atoms with Crippen molar-refractivity contribution in [2.24, 2.45) is 16.7 Å². The van der Waals surface area contributed by atoms with Gasteiger partial charge in [0.25, 0.3) is 0 Å². The van der Waals surface area contributed by atoms with Crippen molar-refractivity contribution in [3.05, 3.63) is 35.9 Å². The summed E-state index contributed by atoms with van der Waals surface area (Å²) >= 11 is 0. The topological polar surface area (TPSA) is 32.3 Å². The molecule has 2 heterocycles. The van der Waals surface area contributed by atoms with Gasteiger partial charge in [0.05, 0.1) is 0 Å². The van der Waals surface area contributed by atoms with Crippen LogP contribution in [0.2, 0.25) is 0 Å². The van der Waals surface area contributed by atoms with E-state index in [0.29, 0.717) is 22.7 Å². The van der Waals surface area contributed by atoms with Crippen LogP contribution in [0.1, 0.15) is 44.6 Å². The third kappa shape index (κ3) is 3.11. The number of aryl methyl sites for hydroxylation is 1. The zero-order valence-corrected chi connectivity index (χ0v) is 14.9. The summed E-state index contributed by atoms with van der Waals surface area (Å²) in [6.07, 6.45) is 7.06. The van der Waals surface area contributed by atoms with Gasteiger partial charge in [-0.15, -0.1) is 0 Å². The van der Waals surface area contributed by atoms with Crippen LogP contribution >= 0.6 is 0 Å². The molecule has 3 atom stereocenters. The van der Waals surface area contributed by atoms with Gasteiger partial charge in [0.15, 0.2) is 0 Å². The molecule has 2 aliphatic heterocycles. The van der Waals surface area contributed by atoms with Gasteiger partial charge in [-0.05, 0) is 61.5 Å².